The van der Waals surface area contributed by atoms with E-state index >= 15 is 4.39 Å². The topological polar surface area (TPSA) is 18.5 Å². The van der Waals surface area contributed by atoms with Crippen LogP contribution in [-0.2, 0) is 0 Å². The van der Waals surface area contributed by atoms with E-state index in [9.17, 15) is 0 Å². The number of fused-ring (bicyclic) bond motifs is 3. The molecule has 0 aliphatic carbocycles. The SMILES string of the molecule is CCCCCCCCOc1ccc2c(ccc3cc(OCCCCC)ccc32)c1F. The van der Waals surface area contributed by atoms with Gasteiger partial charge < -0.3 is 9.47 Å². The molecule has 0 aliphatic heterocycles. The molecule has 0 atom stereocenters. The van der Waals surface area contributed by atoms with Crippen LogP contribution in [-0.4, -0.2) is 13.2 Å². The zero-order valence-corrected chi connectivity index (χ0v) is 18.5. The lowest BCUT2D eigenvalue weighted by Crippen LogP contribution is -2.00. The first-order chi connectivity index (χ1) is 14.7. The van der Waals surface area contributed by atoms with Gasteiger partial charge in [-0.25, -0.2) is 4.39 Å². The van der Waals surface area contributed by atoms with Crippen molar-refractivity contribution in [3.8, 4) is 11.5 Å². The number of ether oxygens (including phenoxy) is 2. The van der Waals surface area contributed by atoms with Gasteiger partial charge in [0.1, 0.15) is 5.75 Å². The van der Waals surface area contributed by atoms with E-state index in [2.05, 4.69) is 13.8 Å². The smallest absolute Gasteiger partial charge is 0.172 e. The molecule has 0 aliphatic rings. The van der Waals surface area contributed by atoms with Crippen molar-refractivity contribution >= 4 is 21.5 Å². The van der Waals surface area contributed by atoms with Crippen molar-refractivity contribution in [3.05, 3.63) is 48.3 Å². The van der Waals surface area contributed by atoms with Crippen molar-refractivity contribution in [2.45, 2.75) is 71.6 Å². The van der Waals surface area contributed by atoms with Gasteiger partial charge in [0.05, 0.1) is 13.2 Å². The summed E-state index contributed by atoms with van der Waals surface area (Å²) in [5, 5.41) is 3.62. The number of hydrogen-bond donors (Lipinski definition) is 0. The van der Waals surface area contributed by atoms with Crippen molar-refractivity contribution in [2.24, 2.45) is 0 Å². The first kappa shape index (κ1) is 22.4. The second-order valence-electron chi connectivity index (χ2n) is 8.09. The second-order valence-corrected chi connectivity index (χ2v) is 8.09. The van der Waals surface area contributed by atoms with Crippen LogP contribution in [0.5, 0.6) is 11.5 Å². The molecule has 0 N–H and O–H groups in total. The summed E-state index contributed by atoms with van der Waals surface area (Å²) in [5.41, 5.74) is 0. The van der Waals surface area contributed by atoms with E-state index in [1.807, 2.05) is 36.4 Å². The monoisotopic (exact) mass is 410 g/mol. The first-order valence-electron chi connectivity index (χ1n) is 11.6. The summed E-state index contributed by atoms with van der Waals surface area (Å²) in [4.78, 5) is 0. The fraction of sp³-hybridized carbons (Fsp3) is 0.481. The Kier molecular flexibility index (Phi) is 8.80. The van der Waals surface area contributed by atoms with E-state index in [1.54, 1.807) is 6.07 Å². The normalized spacial score (nSPS) is 11.3. The third-order valence-corrected chi connectivity index (χ3v) is 5.66. The molecular formula is C27H35FO2. The highest BCUT2D eigenvalue weighted by Crippen LogP contribution is 2.33. The largest absolute Gasteiger partial charge is 0.494 e. The molecule has 3 aromatic rings. The number of benzene rings is 3. The quantitative estimate of drug-likeness (QED) is 0.208. The molecule has 0 saturated carbocycles. The summed E-state index contributed by atoms with van der Waals surface area (Å²) in [6, 6.07) is 13.6. The molecular weight excluding hydrogens is 375 g/mol. The van der Waals surface area contributed by atoms with Crippen LogP contribution < -0.4 is 9.47 Å². The summed E-state index contributed by atoms with van der Waals surface area (Å²) < 4.78 is 26.7. The second kappa shape index (κ2) is 11.8. The van der Waals surface area contributed by atoms with Crippen LogP contribution in [0.15, 0.2) is 42.5 Å². The lowest BCUT2D eigenvalue weighted by Gasteiger charge is -2.12. The van der Waals surface area contributed by atoms with Crippen LogP contribution in [0.25, 0.3) is 21.5 Å². The Labute approximate surface area is 180 Å². The lowest BCUT2D eigenvalue weighted by atomic mass is 10.0. The van der Waals surface area contributed by atoms with Gasteiger partial charge in [-0.3, -0.25) is 0 Å². The van der Waals surface area contributed by atoms with Gasteiger partial charge in [-0.2, -0.15) is 0 Å². The molecule has 0 heterocycles. The predicted octanol–water partition coefficient (Wildman–Crippen LogP) is 8.44. The molecule has 0 amide bonds. The minimum atomic E-state index is -0.264. The zero-order valence-electron chi connectivity index (χ0n) is 18.5. The molecule has 3 aromatic carbocycles. The van der Waals surface area contributed by atoms with E-state index in [0.29, 0.717) is 17.7 Å². The summed E-state index contributed by atoms with van der Waals surface area (Å²) in [5.74, 6) is 0.962. The molecule has 0 bridgehead atoms. The molecule has 0 fully saturated rings. The zero-order chi connectivity index (χ0) is 21.2. The number of halogens is 1. The summed E-state index contributed by atoms with van der Waals surface area (Å²) >= 11 is 0. The van der Waals surface area contributed by atoms with Crippen molar-refractivity contribution in [1.29, 1.82) is 0 Å². The van der Waals surface area contributed by atoms with Crippen molar-refractivity contribution in [1.82, 2.24) is 0 Å². The number of hydrogen-bond acceptors (Lipinski definition) is 2. The summed E-state index contributed by atoms with van der Waals surface area (Å²) in [7, 11) is 0. The van der Waals surface area contributed by atoms with Crippen molar-refractivity contribution < 1.29 is 13.9 Å². The van der Waals surface area contributed by atoms with E-state index in [4.69, 9.17) is 9.47 Å². The van der Waals surface area contributed by atoms with Gasteiger partial charge in [0.15, 0.2) is 11.6 Å². The fourth-order valence-corrected chi connectivity index (χ4v) is 3.88. The Bertz CT molecular complexity index is 935. The fourth-order valence-electron chi connectivity index (χ4n) is 3.88. The van der Waals surface area contributed by atoms with E-state index in [-0.39, 0.29) is 5.82 Å². The van der Waals surface area contributed by atoms with Gasteiger partial charge in [-0.05, 0) is 53.3 Å². The number of unbranched alkanes of at least 4 members (excludes halogenated alkanes) is 7. The highest BCUT2D eigenvalue weighted by molar-refractivity contribution is 6.08. The van der Waals surface area contributed by atoms with Crippen LogP contribution in [0.4, 0.5) is 4.39 Å². The maximum absolute atomic E-state index is 15.0. The highest BCUT2D eigenvalue weighted by atomic mass is 19.1. The lowest BCUT2D eigenvalue weighted by molar-refractivity contribution is 0.291. The molecule has 3 heteroatoms. The Balaban J connectivity index is 1.67. The Morgan fingerprint density at radius 1 is 0.633 bits per heavy atom. The van der Waals surface area contributed by atoms with Crippen LogP contribution >= 0.6 is 0 Å². The van der Waals surface area contributed by atoms with E-state index in [1.165, 1.54) is 38.5 Å². The minimum absolute atomic E-state index is 0.264. The minimum Gasteiger partial charge on any atom is -0.494 e. The predicted molar refractivity (Wildman–Crippen MR) is 125 cm³/mol. The summed E-state index contributed by atoms with van der Waals surface area (Å²) in [6.45, 7) is 5.71. The van der Waals surface area contributed by atoms with Crippen LogP contribution in [0.1, 0.15) is 71.6 Å². The maximum atomic E-state index is 15.0. The molecule has 162 valence electrons. The third-order valence-electron chi connectivity index (χ3n) is 5.66. The van der Waals surface area contributed by atoms with Gasteiger partial charge in [0.25, 0.3) is 0 Å². The van der Waals surface area contributed by atoms with E-state index < -0.39 is 0 Å². The Hall–Kier alpha value is -2.29. The summed E-state index contributed by atoms with van der Waals surface area (Å²) in [6.07, 6.45) is 10.6. The number of rotatable bonds is 13. The molecule has 0 aromatic heterocycles. The van der Waals surface area contributed by atoms with Gasteiger partial charge in [-0.1, -0.05) is 77.0 Å². The average Bonchev–Trinajstić information content (AvgIpc) is 2.77. The first-order valence-corrected chi connectivity index (χ1v) is 11.6. The van der Waals surface area contributed by atoms with Gasteiger partial charge in [-0.15, -0.1) is 0 Å². The molecule has 0 unspecified atom stereocenters. The van der Waals surface area contributed by atoms with Crippen molar-refractivity contribution in [2.75, 3.05) is 13.2 Å². The van der Waals surface area contributed by atoms with Gasteiger partial charge in [0.2, 0.25) is 0 Å². The van der Waals surface area contributed by atoms with Gasteiger partial charge >= 0.3 is 0 Å². The van der Waals surface area contributed by atoms with Crippen LogP contribution in [0.2, 0.25) is 0 Å². The third kappa shape index (κ3) is 5.87. The standard InChI is InChI=1S/C27H35FO2/c1-3-5-7-8-9-11-19-30-26-17-16-24-23-15-13-22(29-18-10-6-4-2)20-21(23)12-14-25(24)27(26)28/h12-17,20H,3-11,18-19H2,1-2H3. The van der Waals surface area contributed by atoms with E-state index in [0.717, 1.165) is 47.8 Å². The molecule has 0 spiro atoms. The maximum Gasteiger partial charge on any atom is 0.172 e. The molecule has 30 heavy (non-hydrogen) atoms. The Morgan fingerprint density at radius 3 is 2.10 bits per heavy atom. The molecule has 3 rings (SSSR count). The molecule has 0 saturated heterocycles. The molecule has 2 nitrogen and oxygen atoms in total. The molecule has 0 radical (unpaired) electrons. The Morgan fingerprint density at radius 2 is 1.27 bits per heavy atom. The van der Waals surface area contributed by atoms with Crippen molar-refractivity contribution in [3.63, 3.8) is 0 Å². The average molecular weight is 411 g/mol. The van der Waals surface area contributed by atoms with Crippen LogP contribution in [0, 0.1) is 5.82 Å². The highest BCUT2D eigenvalue weighted by Gasteiger charge is 2.11. The van der Waals surface area contributed by atoms with Gasteiger partial charge in [0, 0.05) is 5.39 Å². The van der Waals surface area contributed by atoms with Crippen LogP contribution in [0.3, 0.4) is 0 Å².